The van der Waals surface area contributed by atoms with Gasteiger partial charge >= 0.3 is 0 Å². The molecule has 0 saturated carbocycles. The quantitative estimate of drug-likeness (QED) is 0.859. The van der Waals surface area contributed by atoms with Crippen molar-refractivity contribution >= 4 is 11.6 Å². The van der Waals surface area contributed by atoms with Gasteiger partial charge < -0.3 is 5.32 Å². The Morgan fingerprint density at radius 1 is 1.44 bits per heavy atom. The first kappa shape index (κ1) is 11.8. The Morgan fingerprint density at radius 3 is 2.88 bits per heavy atom. The van der Waals surface area contributed by atoms with E-state index in [0.29, 0.717) is 5.02 Å². The van der Waals surface area contributed by atoms with Crippen molar-refractivity contribution in [3.8, 4) is 0 Å². The zero-order valence-electron chi connectivity index (χ0n) is 8.85. The lowest BCUT2D eigenvalue weighted by Crippen LogP contribution is -2.29. The predicted octanol–water partition coefficient (Wildman–Crippen LogP) is 3.57. The Bertz CT molecular complexity index is 362. The van der Waals surface area contributed by atoms with Gasteiger partial charge in [0.1, 0.15) is 0 Å². The molecular formula is C12H14ClF2N. The van der Waals surface area contributed by atoms with Gasteiger partial charge in [-0.3, -0.25) is 0 Å². The summed E-state index contributed by atoms with van der Waals surface area (Å²) in [6.07, 6.45) is 1.67. The van der Waals surface area contributed by atoms with Crippen molar-refractivity contribution in [3.63, 3.8) is 0 Å². The largest absolute Gasteiger partial charge is 0.314 e. The van der Waals surface area contributed by atoms with Crippen LogP contribution in [0.25, 0.3) is 0 Å². The summed E-state index contributed by atoms with van der Waals surface area (Å²) in [6, 6.07) is 5.87. The molecule has 1 atom stereocenters. The van der Waals surface area contributed by atoms with Crippen molar-refractivity contribution < 1.29 is 8.78 Å². The summed E-state index contributed by atoms with van der Waals surface area (Å²) >= 11 is 5.72. The van der Waals surface area contributed by atoms with Gasteiger partial charge in [-0.15, -0.1) is 0 Å². The monoisotopic (exact) mass is 245 g/mol. The lowest BCUT2D eigenvalue weighted by atomic mass is 10.00. The van der Waals surface area contributed by atoms with Crippen LogP contribution in [0.4, 0.5) is 8.78 Å². The maximum absolute atomic E-state index is 13.9. The van der Waals surface area contributed by atoms with Gasteiger partial charge in [-0.25, -0.2) is 8.78 Å². The van der Waals surface area contributed by atoms with Crippen molar-refractivity contribution in [2.45, 2.75) is 31.2 Å². The Kier molecular flexibility index (Phi) is 3.45. The van der Waals surface area contributed by atoms with Gasteiger partial charge in [0.25, 0.3) is 5.92 Å². The molecule has 1 nitrogen and oxygen atoms in total. The Balaban J connectivity index is 2.10. The van der Waals surface area contributed by atoms with Gasteiger partial charge in [0.15, 0.2) is 0 Å². The molecule has 1 unspecified atom stereocenters. The summed E-state index contributed by atoms with van der Waals surface area (Å²) in [6.45, 7) is 0.844. The molecule has 16 heavy (non-hydrogen) atoms. The molecule has 0 bridgehead atoms. The van der Waals surface area contributed by atoms with E-state index in [-0.39, 0.29) is 18.0 Å². The van der Waals surface area contributed by atoms with Crippen LogP contribution in [-0.2, 0) is 5.92 Å². The molecule has 1 aromatic carbocycles. The van der Waals surface area contributed by atoms with E-state index >= 15 is 0 Å². The molecule has 1 saturated heterocycles. The minimum absolute atomic E-state index is 0.00806. The van der Waals surface area contributed by atoms with Gasteiger partial charge in [-0.1, -0.05) is 23.7 Å². The lowest BCUT2D eigenvalue weighted by molar-refractivity contribution is -0.0213. The second kappa shape index (κ2) is 4.68. The minimum atomic E-state index is -2.80. The van der Waals surface area contributed by atoms with Crippen LogP contribution in [0.15, 0.2) is 24.3 Å². The van der Waals surface area contributed by atoms with Gasteiger partial charge in [-0.05, 0) is 31.5 Å². The van der Waals surface area contributed by atoms with Crippen LogP contribution in [0.3, 0.4) is 0 Å². The third kappa shape index (κ3) is 2.71. The van der Waals surface area contributed by atoms with Crippen LogP contribution in [0, 0.1) is 0 Å². The average Bonchev–Trinajstić information content (AvgIpc) is 2.70. The molecule has 0 amide bonds. The molecule has 1 aliphatic rings. The standard InChI is InChI=1S/C12H14ClF2N/c13-10-4-1-3-9(7-10)12(14,15)8-11-5-2-6-16-11/h1,3-4,7,11,16H,2,5-6,8H2. The lowest BCUT2D eigenvalue weighted by Gasteiger charge is -2.20. The minimum Gasteiger partial charge on any atom is -0.314 e. The first-order valence-electron chi connectivity index (χ1n) is 5.45. The number of alkyl halides is 2. The fourth-order valence-electron chi connectivity index (χ4n) is 2.07. The second-order valence-electron chi connectivity index (χ2n) is 4.21. The molecule has 2 rings (SSSR count). The third-order valence-corrected chi connectivity index (χ3v) is 3.15. The van der Waals surface area contributed by atoms with Crippen LogP contribution in [0.5, 0.6) is 0 Å². The number of nitrogens with one attached hydrogen (secondary N) is 1. The molecule has 0 radical (unpaired) electrons. The molecule has 1 heterocycles. The molecular weight excluding hydrogens is 232 g/mol. The Labute approximate surface area is 98.8 Å². The molecule has 4 heteroatoms. The normalized spacial score (nSPS) is 21.3. The Hall–Kier alpha value is -0.670. The van der Waals surface area contributed by atoms with E-state index in [9.17, 15) is 8.78 Å². The van der Waals surface area contributed by atoms with Crippen LogP contribution < -0.4 is 5.32 Å². The van der Waals surface area contributed by atoms with Gasteiger partial charge in [-0.2, -0.15) is 0 Å². The zero-order valence-corrected chi connectivity index (χ0v) is 9.61. The summed E-state index contributed by atoms with van der Waals surface area (Å²) in [5.41, 5.74) is 0.00806. The van der Waals surface area contributed by atoms with Crippen molar-refractivity contribution in [1.82, 2.24) is 5.32 Å². The van der Waals surface area contributed by atoms with E-state index in [1.165, 1.54) is 12.1 Å². The van der Waals surface area contributed by atoms with Gasteiger partial charge in [0.2, 0.25) is 0 Å². The van der Waals surface area contributed by atoms with Crippen LogP contribution in [0.2, 0.25) is 5.02 Å². The van der Waals surface area contributed by atoms with Crippen LogP contribution >= 0.6 is 11.6 Å². The van der Waals surface area contributed by atoms with E-state index in [1.807, 2.05) is 0 Å². The van der Waals surface area contributed by atoms with E-state index < -0.39 is 5.92 Å². The summed E-state index contributed by atoms with van der Waals surface area (Å²) in [5, 5.41) is 3.44. The molecule has 88 valence electrons. The molecule has 0 spiro atoms. The Morgan fingerprint density at radius 2 is 2.25 bits per heavy atom. The first-order valence-corrected chi connectivity index (χ1v) is 5.83. The molecule has 0 aromatic heterocycles. The zero-order chi connectivity index (χ0) is 11.6. The predicted molar refractivity (Wildman–Crippen MR) is 61.0 cm³/mol. The van der Waals surface area contributed by atoms with Crippen molar-refractivity contribution in [1.29, 1.82) is 0 Å². The summed E-state index contributed by atoms with van der Waals surface area (Å²) in [4.78, 5) is 0. The highest BCUT2D eigenvalue weighted by Crippen LogP contribution is 2.35. The van der Waals surface area contributed by atoms with E-state index in [0.717, 1.165) is 19.4 Å². The molecule has 1 N–H and O–H groups in total. The highest BCUT2D eigenvalue weighted by Gasteiger charge is 2.35. The number of benzene rings is 1. The van der Waals surface area contributed by atoms with E-state index in [2.05, 4.69) is 5.32 Å². The fraction of sp³-hybridized carbons (Fsp3) is 0.500. The summed E-state index contributed by atoms with van der Waals surface area (Å²) < 4.78 is 27.8. The second-order valence-corrected chi connectivity index (χ2v) is 4.65. The third-order valence-electron chi connectivity index (χ3n) is 2.91. The number of hydrogen-bond acceptors (Lipinski definition) is 1. The maximum atomic E-state index is 13.9. The van der Waals surface area contributed by atoms with E-state index in [1.54, 1.807) is 12.1 Å². The van der Waals surface area contributed by atoms with Crippen molar-refractivity contribution in [2.75, 3.05) is 6.54 Å². The molecule has 1 aromatic rings. The molecule has 1 aliphatic heterocycles. The van der Waals surface area contributed by atoms with Crippen LogP contribution in [-0.4, -0.2) is 12.6 Å². The first-order chi connectivity index (χ1) is 7.58. The highest BCUT2D eigenvalue weighted by atomic mass is 35.5. The van der Waals surface area contributed by atoms with Crippen LogP contribution in [0.1, 0.15) is 24.8 Å². The molecule has 0 aliphatic carbocycles. The summed E-state index contributed by atoms with van der Waals surface area (Å²) in [5.74, 6) is -2.80. The fourth-order valence-corrected chi connectivity index (χ4v) is 2.26. The number of rotatable bonds is 3. The van der Waals surface area contributed by atoms with Crippen molar-refractivity contribution in [3.05, 3.63) is 34.9 Å². The number of hydrogen-bond donors (Lipinski definition) is 1. The summed E-state index contributed by atoms with van der Waals surface area (Å²) in [7, 11) is 0. The highest BCUT2D eigenvalue weighted by molar-refractivity contribution is 6.30. The maximum Gasteiger partial charge on any atom is 0.274 e. The number of halogens is 3. The molecule has 1 fully saturated rings. The van der Waals surface area contributed by atoms with E-state index in [4.69, 9.17) is 11.6 Å². The SMILES string of the molecule is FC(F)(CC1CCCN1)c1cccc(Cl)c1. The van der Waals surface area contributed by atoms with Gasteiger partial charge in [0, 0.05) is 23.0 Å². The van der Waals surface area contributed by atoms with Crippen molar-refractivity contribution in [2.24, 2.45) is 0 Å². The van der Waals surface area contributed by atoms with Gasteiger partial charge in [0.05, 0.1) is 0 Å². The average molecular weight is 246 g/mol. The topological polar surface area (TPSA) is 12.0 Å². The smallest absolute Gasteiger partial charge is 0.274 e.